The molecule has 0 spiro atoms. The number of carbonyl (C=O) groups excluding carboxylic acids is 1. The van der Waals surface area contributed by atoms with Crippen LogP contribution < -0.4 is 10.2 Å². The summed E-state index contributed by atoms with van der Waals surface area (Å²) >= 11 is 0. The van der Waals surface area contributed by atoms with Gasteiger partial charge in [0.2, 0.25) is 5.89 Å². The summed E-state index contributed by atoms with van der Waals surface area (Å²) in [6, 6.07) is 4.34. The maximum atomic E-state index is 12.2. The zero-order valence-electron chi connectivity index (χ0n) is 16.5. The van der Waals surface area contributed by atoms with E-state index in [1.807, 2.05) is 32.6 Å². The average molecular weight is 387 g/mol. The van der Waals surface area contributed by atoms with Crippen LogP contribution in [0.1, 0.15) is 74.6 Å². The van der Waals surface area contributed by atoms with E-state index in [1.54, 1.807) is 12.1 Å². The number of nitrogens with zero attached hydrogens (tertiary/aromatic N) is 4. The predicted molar refractivity (Wildman–Crippen MR) is 103 cm³/mol. The van der Waals surface area contributed by atoms with Crippen LogP contribution in [-0.2, 0) is 0 Å². The topological polar surface area (TPSA) is 114 Å². The molecule has 1 unspecified atom stereocenters. The zero-order valence-corrected chi connectivity index (χ0v) is 16.5. The molecular weight excluding hydrogens is 362 g/mol. The Bertz CT molecular complexity index is 877. The lowest BCUT2D eigenvalue weighted by Gasteiger charge is -2.24. The SMILES string of the molecule is CC(C)NC(=O)c1ccc(N2CCCC2c2noc(C(C)C)n2)c([N+](=O)[O-])c1. The highest BCUT2D eigenvalue weighted by Gasteiger charge is 2.34. The summed E-state index contributed by atoms with van der Waals surface area (Å²) in [5.41, 5.74) is 0.627. The van der Waals surface area contributed by atoms with Crippen LogP contribution in [0.4, 0.5) is 11.4 Å². The van der Waals surface area contributed by atoms with E-state index in [4.69, 9.17) is 4.52 Å². The number of rotatable bonds is 6. The van der Waals surface area contributed by atoms with E-state index in [2.05, 4.69) is 15.5 Å². The van der Waals surface area contributed by atoms with Gasteiger partial charge in [-0.15, -0.1) is 0 Å². The van der Waals surface area contributed by atoms with Gasteiger partial charge >= 0.3 is 0 Å². The number of amides is 1. The van der Waals surface area contributed by atoms with Gasteiger partial charge in [0, 0.05) is 30.1 Å². The summed E-state index contributed by atoms with van der Waals surface area (Å²) < 4.78 is 5.31. The molecule has 0 bridgehead atoms. The van der Waals surface area contributed by atoms with Crippen molar-refractivity contribution in [2.24, 2.45) is 0 Å². The van der Waals surface area contributed by atoms with Gasteiger partial charge in [-0.05, 0) is 38.8 Å². The van der Waals surface area contributed by atoms with Gasteiger partial charge < -0.3 is 14.7 Å². The van der Waals surface area contributed by atoms with Crippen LogP contribution in [0.25, 0.3) is 0 Å². The average Bonchev–Trinajstić information content (AvgIpc) is 3.29. The fraction of sp³-hybridized carbons (Fsp3) is 0.526. The molecule has 3 rings (SSSR count). The molecule has 2 heterocycles. The Morgan fingerprint density at radius 2 is 2.11 bits per heavy atom. The van der Waals surface area contributed by atoms with Crippen LogP contribution in [0.3, 0.4) is 0 Å². The van der Waals surface area contributed by atoms with Crippen LogP contribution in [0.15, 0.2) is 22.7 Å². The van der Waals surface area contributed by atoms with Crippen molar-refractivity contribution in [3.63, 3.8) is 0 Å². The Hall–Kier alpha value is -2.97. The maximum absolute atomic E-state index is 12.2. The molecule has 1 aliphatic rings. The predicted octanol–water partition coefficient (Wildman–Crippen LogP) is 3.58. The third kappa shape index (κ3) is 3.97. The highest BCUT2D eigenvalue weighted by atomic mass is 16.6. The molecule has 9 nitrogen and oxygen atoms in total. The molecule has 1 aliphatic heterocycles. The van der Waals surface area contributed by atoms with Gasteiger partial charge in [0.25, 0.3) is 11.6 Å². The Kier molecular flexibility index (Phi) is 5.62. The van der Waals surface area contributed by atoms with Gasteiger partial charge in [-0.2, -0.15) is 4.98 Å². The van der Waals surface area contributed by atoms with E-state index >= 15 is 0 Å². The third-order valence-electron chi connectivity index (χ3n) is 4.67. The van der Waals surface area contributed by atoms with Gasteiger partial charge in [0.15, 0.2) is 5.82 Å². The molecule has 1 aromatic carbocycles. The van der Waals surface area contributed by atoms with Crippen molar-refractivity contribution in [3.8, 4) is 0 Å². The van der Waals surface area contributed by atoms with E-state index in [0.717, 1.165) is 12.8 Å². The summed E-state index contributed by atoms with van der Waals surface area (Å²) in [4.78, 5) is 29.9. The zero-order chi connectivity index (χ0) is 20.4. The first-order valence-corrected chi connectivity index (χ1v) is 9.47. The molecule has 0 saturated carbocycles. The lowest BCUT2D eigenvalue weighted by Crippen LogP contribution is -2.30. The second-order valence-electron chi connectivity index (χ2n) is 7.59. The molecular formula is C19H25N5O4. The third-order valence-corrected chi connectivity index (χ3v) is 4.67. The molecule has 0 aliphatic carbocycles. The van der Waals surface area contributed by atoms with Crippen molar-refractivity contribution in [2.75, 3.05) is 11.4 Å². The molecule has 1 saturated heterocycles. The summed E-state index contributed by atoms with van der Waals surface area (Å²) in [7, 11) is 0. The van der Waals surface area contributed by atoms with E-state index in [0.29, 0.717) is 23.9 Å². The Labute approximate surface area is 163 Å². The Morgan fingerprint density at radius 3 is 2.71 bits per heavy atom. The summed E-state index contributed by atoms with van der Waals surface area (Å²) in [5.74, 6) is 0.876. The molecule has 9 heteroatoms. The lowest BCUT2D eigenvalue weighted by molar-refractivity contribution is -0.384. The summed E-state index contributed by atoms with van der Waals surface area (Å²) in [6.45, 7) is 8.26. The van der Waals surface area contributed by atoms with Gasteiger partial charge in [-0.1, -0.05) is 19.0 Å². The molecule has 1 atom stereocenters. The van der Waals surface area contributed by atoms with Crippen LogP contribution >= 0.6 is 0 Å². The number of aromatic nitrogens is 2. The molecule has 1 amide bonds. The number of benzene rings is 1. The summed E-state index contributed by atoms with van der Waals surface area (Å²) in [5, 5.41) is 18.6. The number of nitrogens with one attached hydrogen (secondary N) is 1. The van der Waals surface area contributed by atoms with Crippen molar-refractivity contribution in [1.82, 2.24) is 15.5 Å². The largest absolute Gasteiger partial charge is 0.356 e. The first-order chi connectivity index (χ1) is 13.3. The minimum absolute atomic E-state index is 0.0532. The fourth-order valence-corrected chi connectivity index (χ4v) is 3.34. The first kappa shape index (κ1) is 19.8. The van der Waals surface area contributed by atoms with E-state index < -0.39 is 4.92 Å². The quantitative estimate of drug-likeness (QED) is 0.595. The van der Waals surface area contributed by atoms with E-state index in [9.17, 15) is 14.9 Å². The van der Waals surface area contributed by atoms with Crippen LogP contribution in [0.2, 0.25) is 0 Å². The van der Waals surface area contributed by atoms with E-state index in [-0.39, 0.29) is 35.2 Å². The summed E-state index contributed by atoms with van der Waals surface area (Å²) in [6.07, 6.45) is 1.65. The van der Waals surface area contributed by atoms with Crippen LogP contribution in [-0.4, -0.2) is 33.6 Å². The number of hydrogen-bond donors (Lipinski definition) is 1. The lowest BCUT2D eigenvalue weighted by atomic mass is 10.1. The molecule has 0 radical (unpaired) electrons. The van der Waals surface area contributed by atoms with Gasteiger partial charge in [-0.25, -0.2) is 0 Å². The molecule has 150 valence electrons. The van der Waals surface area contributed by atoms with Gasteiger partial charge in [0.05, 0.1) is 11.0 Å². The Morgan fingerprint density at radius 1 is 1.36 bits per heavy atom. The van der Waals surface area contributed by atoms with Crippen molar-refractivity contribution in [3.05, 3.63) is 45.6 Å². The van der Waals surface area contributed by atoms with Crippen LogP contribution in [0.5, 0.6) is 0 Å². The first-order valence-electron chi connectivity index (χ1n) is 9.47. The fourth-order valence-electron chi connectivity index (χ4n) is 3.34. The molecule has 2 aromatic rings. The smallest absolute Gasteiger partial charge is 0.293 e. The standard InChI is InChI=1S/C19H25N5O4/c1-11(2)19-21-17(22-28-19)15-6-5-9-23(15)14-8-7-13(10-16(14)24(26)27)18(25)20-12(3)4/h7-8,10-12,15H,5-6,9H2,1-4H3,(H,20,25). The molecule has 1 N–H and O–H groups in total. The van der Waals surface area contributed by atoms with E-state index in [1.165, 1.54) is 6.07 Å². The minimum Gasteiger partial charge on any atom is -0.356 e. The van der Waals surface area contributed by atoms with Crippen LogP contribution in [0, 0.1) is 10.1 Å². The number of hydrogen-bond acceptors (Lipinski definition) is 7. The Balaban J connectivity index is 1.94. The number of nitro groups is 1. The second kappa shape index (κ2) is 7.95. The van der Waals surface area contributed by atoms with Crippen molar-refractivity contribution in [2.45, 2.75) is 58.5 Å². The molecule has 1 fully saturated rings. The molecule has 28 heavy (non-hydrogen) atoms. The highest BCUT2D eigenvalue weighted by molar-refractivity contribution is 5.96. The highest BCUT2D eigenvalue weighted by Crippen LogP contribution is 2.40. The van der Waals surface area contributed by atoms with Crippen molar-refractivity contribution >= 4 is 17.3 Å². The molecule has 1 aromatic heterocycles. The number of anilines is 1. The minimum atomic E-state index is -0.452. The van der Waals surface area contributed by atoms with Crippen molar-refractivity contribution < 1.29 is 14.2 Å². The number of nitro benzene ring substituents is 1. The normalized spacial score (nSPS) is 16.8. The number of carbonyl (C=O) groups is 1. The maximum Gasteiger partial charge on any atom is 0.293 e. The van der Waals surface area contributed by atoms with Crippen molar-refractivity contribution in [1.29, 1.82) is 0 Å². The monoisotopic (exact) mass is 387 g/mol. The van der Waals surface area contributed by atoms with Gasteiger partial charge in [0.1, 0.15) is 5.69 Å². The van der Waals surface area contributed by atoms with Gasteiger partial charge in [-0.3, -0.25) is 14.9 Å². The second-order valence-corrected chi connectivity index (χ2v) is 7.59.